The van der Waals surface area contributed by atoms with Gasteiger partial charge in [-0.1, -0.05) is 37.3 Å². The number of phenolic OH excluding ortho intramolecular Hbond substituents is 2. The van der Waals surface area contributed by atoms with Gasteiger partial charge in [-0.05, 0) is 61.8 Å². The molecule has 3 rings (SSSR count). The van der Waals surface area contributed by atoms with Gasteiger partial charge in [-0.25, -0.2) is 4.39 Å². The Morgan fingerprint density at radius 2 is 1.68 bits per heavy atom. The van der Waals surface area contributed by atoms with Gasteiger partial charge in [-0.15, -0.1) is 0 Å². The van der Waals surface area contributed by atoms with E-state index < -0.39 is 5.82 Å². The first-order chi connectivity index (χ1) is 13.5. The van der Waals surface area contributed by atoms with E-state index in [0.717, 1.165) is 16.8 Å². The van der Waals surface area contributed by atoms with Gasteiger partial charge in [0.1, 0.15) is 17.3 Å². The van der Waals surface area contributed by atoms with Crippen molar-refractivity contribution in [1.82, 2.24) is 4.90 Å². The second-order valence-electron chi connectivity index (χ2n) is 6.71. The normalized spacial score (nSPS) is 16.2. The van der Waals surface area contributed by atoms with E-state index in [1.807, 2.05) is 62.2 Å². The molecule has 4 heteroatoms. The maximum absolute atomic E-state index is 14.7. The summed E-state index contributed by atoms with van der Waals surface area (Å²) < 4.78 is 14.7. The Bertz CT molecular complexity index is 995. The van der Waals surface area contributed by atoms with Crippen LogP contribution < -0.4 is 0 Å². The van der Waals surface area contributed by atoms with Crippen LogP contribution >= 0.6 is 0 Å². The topological polar surface area (TPSA) is 43.7 Å². The Morgan fingerprint density at radius 1 is 0.964 bits per heavy atom. The van der Waals surface area contributed by atoms with Gasteiger partial charge in [-0.2, -0.15) is 0 Å². The number of hydrogen-bond acceptors (Lipinski definition) is 3. The summed E-state index contributed by atoms with van der Waals surface area (Å²) in [5.74, 6) is -0.405. The molecule has 0 bridgehead atoms. The molecule has 0 radical (unpaired) electrons. The highest BCUT2D eigenvalue weighted by molar-refractivity contribution is 5.80. The van der Waals surface area contributed by atoms with Crippen LogP contribution in [0.2, 0.25) is 0 Å². The highest BCUT2D eigenvalue weighted by Gasteiger charge is 2.24. The monoisotopic (exact) mass is 377 g/mol. The summed E-state index contributed by atoms with van der Waals surface area (Å²) in [6, 6.07) is 11.5. The van der Waals surface area contributed by atoms with E-state index >= 15 is 0 Å². The quantitative estimate of drug-likeness (QED) is 0.667. The molecule has 144 valence electrons. The standard InChI is InChI=1S/C24H24FNO2/c1-4-16(2)24(23-19(25)11-9-14-22(23)28)26-15-8-7-12-20(26)17(3)18-10-5-6-13-21(18)27/h5-15,27-28H,4H2,1-3H3/b20-17+,24-16?. The number of para-hydroxylation sites is 1. The van der Waals surface area contributed by atoms with Crippen molar-refractivity contribution in [1.29, 1.82) is 0 Å². The number of benzene rings is 2. The van der Waals surface area contributed by atoms with Crippen molar-refractivity contribution < 1.29 is 14.6 Å². The van der Waals surface area contributed by atoms with E-state index in [1.54, 1.807) is 12.1 Å². The van der Waals surface area contributed by atoms with Crippen molar-refractivity contribution in [3.8, 4) is 11.5 Å². The van der Waals surface area contributed by atoms with Crippen molar-refractivity contribution in [2.45, 2.75) is 27.2 Å². The number of phenols is 2. The first-order valence-electron chi connectivity index (χ1n) is 9.26. The van der Waals surface area contributed by atoms with E-state index in [9.17, 15) is 14.6 Å². The Hall–Kier alpha value is -3.27. The molecule has 0 saturated heterocycles. The van der Waals surface area contributed by atoms with Crippen LogP contribution in [0.1, 0.15) is 38.3 Å². The smallest absolute Gasteiger partial charge is 0.136 e. The van der Waals surface area contributed by atoms with E-state index in [1.165, 1.54) is 18.2 Å². The third kappa shape index (κ3) is 3.58. The lowest BCUT2D eigenvalue weighted by molar-refractivity contribution is 0.463. The van der Waals surface area contributed by atoms with Crippen molar-refractivity contribution in [3.63, 3.8) is 0 Å². The predicted octanol–water partition coefficient (Wildman–Crippen LogP) is 6.19. The van der Waals surface area contributed by atoms with E-state index in [2.05, 4.69) is 0 Å². The first kappa shape index (κ1) is 19.5. The fraction of sp³-hybridized carbons (Fsp3) is 0.167. The predicted molar refractivity (Wildman–Crippen MR) is 112 cm³/mol. The minimum Gasteiger partial charge on any atom is -0.507 e. The van der Waals surface area contributed by atoms with E-state index in [4.69, 9.17) is 0 Å². The van der Waals surface area contributed by atoms with Gasteiger partial charge >= 0.3 is 0 Å². The van der Waals surface area contributed by atoms with E-state index in [-0.39, 0.29) is 17.1 Å². The van der Waals surface area contributed by atoms with Gasteiger partial charge in [0.2, 0.25) is 0 Å². The average Bonchev–Trinajstić information content (AvgIpc) is 2.70. The van der Waals surface area contributed by atoms with Crippen molar-refractivity contribution in [2.24, 2.45) is 0 Å². The minimum absolute atomic E-state index is 0.106. The molecule has 0 spiro atoms. The van der Waals surface area contributed by atoms with Crippen LogP contribution in [0, 0.1) is 5.82 Å². The van der Waals surface area contributed by atoms with Crippen LogP contribution in [0.15, 0.2) is 78.2 Å². The van der Waals surface area contributed by atoms with Gasteiger partial charge in [0.05, 0.1) is 11.3 Å². The highest BCUT2D eigenvalue weighted by Crippen LogP contribution is 2.39. The molecular weight excluding hydrogens is 353 g/mol. The molecule has 1 aliphatic heterocycles. The molecule has 2 aromatic rings. The molecule has 0 amide bonds. The third-order valence-corrected chi connectivity index (χ3v) is 4.96. The van der Waals surface area contributed by atoms with Crippen molar-refractivity contribution >= 4 is 11.3 Å². The van der Waals surface area contributed by atoms with Gasteiger partial charge in [-0.3, -0.25) is 0 Å². The number of allylic oxidation sites excluding steroid dienone is 5. The molecule has 1 aliphatic rings. The largest absolute Gasteiger partial charge is 0.507 e. The number of hydrogen-bond donors (Lipinski definition) is 2. The zero-order valence-corrected chi connectivity index (χ0v) is 16.3. The Morgan fingerprint density at radius 3 is 2.36 bits per heavy atom. The molecule has 2 aromatic carbocycles. The minimum atomic E-state index is -0.481. The number of nitrogens with zero attached hydrogens (tertiary/aromatic N) is 1. The lowest BCUT2D eigenvalue weighted by Crippen LogP contribution is -2.19. The zero-order valence-electron chi connectivity index (χ0n) is 16.3. The summed E-state index contributed by atoms with van der Waals surface area (Å²) >= 11 is 0. The molecule has 0 saturated carbocycles. The lowest BCUT2D eigenvalue weighted by Gasteiger charge is -2.31. The zero-order chi connectivity index (χ0) is 20.3. The Labute approximate surface area is 165 Å². The Kier molecular flexibility index (Phi) is 5.69. The fourth-order valence-electron chi connectivity index (χ4n) is 3.33. The van der Waals surface area contributed by atoms with Crippen LogP contribution in [0.5, 0.6) is 11.5 Å². The first-order valence-corrected chi connectivity index (χ1v) is 9.26. The molecule has 0 atom stereocenters. The molecule has 3 nitrogen and oxygen atoms in total. The van der Waals surface area contributed by atoms with Crippen LogP contribution in [0.25, 0.3) is 11.3 Å². The summed E-state index contributed by atoms with van der Waals surface area (Å²) in [5.41, 5.74) is 4.05. The van der Waals surface area contributed by atoms with Gasteiger partial charge in [0.15, 0.2) is 0 Å². The molecule has 0 aromatic heterocycles. The highest BCUT2D eigenvalue weighted by atomic mass is 19.1. The fourth-order valence-corrected chi connectivity index (χ4v) is 3.33. The SMILES string of the molecule is CCC(C)=C(c1c(O)cccc1F)N1C=CC=C/C1=C(/C)c1ccccc1O. The van der Waals surface area contributed by atoms with Crippen molar-refractivity contribution in [2.75, 3.05) is 0 Å². The van der Waals surface area contributed by atoms with Crippen LogP contribution in [-0.4, -0.2) is 15.1 Å². The maximum Gasteiger partial charge on any atom is 0.136 e. The van der Waals surface area contributed by atoms with Crippen LogP contribution in [0.3, 0.4) is 0 Å². The number of halogens is 1. The molecule has 0 aliphatic carbocycles. The lowest BCUT2D eigenvalue weighted by atomic mass is 9.98. The third-order valence-electron chi connectivity index (χ3n) is 4.96. The second-order valence-corrected chi connectivity index (χ2v) is 6.71. The number of aromatic hydroxyl groups is 2. The summed E-state index contributed by atoms with van der Waals surface area (Å²) in [5, 5.41) is 20.7. The Balaban J connectivity index is 2.25. The van der Waals surface area contributed by atoms with Gasteiger partial charge in [0.25, 0.3) is 0 Å². The summed E-state index contributed by atoms with van der Waals surface area (Å²) in [6.45, 7) is 5.84. The molecule has 28 heavy (non-hydrogen) atoms. The van der Waals surface area contributed by atoms with Gasteiger partial charge < -0.3 is 15.1 Å². The second kappa shape index (κ2) is 8.17. The molecule has 2 N–H and O–H groups in total. The summed E-state index contributed by atoms with van der Waals surface area (Å²) in [7, 11) is 0. The van der Waals surface area contributed by atoms with E-state index in [0.29, 0.717) is 17.7 Å². The van der Waals surface area contributed by atoms with Gasteiger partial charge in [0, 0.05) is 17.5 Å². The molecule has 0 fully saturated rings. The average molecular weight is 377 g/mol. The molecular formula is C24H24FNO2. The summed E-state index contributed by atoms with van der Waals surface area (Å²) in [6.07, 6.45) is 8.22. The van der Waals surface area contributed by atoms with Crippen molar-refractivity contribution in [3.05, 3.63) is 95.1 Å². The van der Waals surface area contributed by atoms with Crippen LogP contribution in [-0.2, 0) is 0 Å². The number of rotatable bonds is 4. The molecule has 1 heterocycles. The summed E-state index contributed by atoms with van der Waals surface area (Å²) in [4.78, 5) is 1.87. The molecule has 0 unspecified atom stereocenters. The van der Waals surface area contributed by atoms with Crippen LogP contribution in [0.4, 0.5) is 4.39 Å². The maximum atomic E-state index is 14.7.